The number of benzene rings is 2. The molecule has 2 aromatic carbocycles. The minimum atomic E-state index is -0.148. The lowest BCUT2D eigenvalue weighted by Crippen LogP contribution is -2.22. The van der Waals surface area contributed by atoms with Crippen LogP contribution < -0.4 is 10.1 Å². The summed E-state index contributed by atoms with van der Waals surface area (Å²) >= 11 is 0. The lowest BCUT2D eigenvalue weighted by atomic mass is 10.1. The molecule has 0 bridgehead atoms. The first kappa shape index (κ1) is 20.4. The van der Waals surface area contributed by atoms with Crippen molar-refractivity contribution >= 4 is 16.9 Å². The van der Waals surface area contributed by atoms with Gasteiger partial charge < -0.3 is 14.6 Å². The van der Waals surface area contributed by atoms with Crippen molar-refractivity contribution < 1.29 is 9.53 Å². The molecule has 5 nitrogen and oxygen atoms in total. The van der Waals surface area contributed by atoms with E-state index in [-0.39, 0.29) is 5.91 Å². The second kappa shape index (κ2) is 10.3. The molecule has 0 fully saturated rings. The summed E-state index contributed by atoms with van der Waals surface area (Å²) in [5.41, 5.74) is 3.21. The van der Waals surface area contributed by atoms with Crippen LogP contribution in [0.3, 0.4) is 0 Å². The van der Waals surface area contributed by atoms with Gasteiger partial charge in [-0.3, -0.25) is 4.79 Å². The zero-order valence-electron chi connectivity index (χ0n) is 16.6. The second-order valence-corrected chi connectivity index (χ2v) is 6.72. The molecule has 0 aliphatic carbocycles. The highest BCUT2D eigenvalue weighted by molar-refractivity contribution is 5.86. The van der Waals surface area contributed by atoms with Crippen LogP contribution in [-0.2, 0) is 24.2 Å². The van der Waals surface area contributed by atoms with Gasteiger partial charge in [0.2, 0.25) is 5.91 Å². The van der Waals surface area contributed by atoms with Crippen molar-refractivity contribution in [3.8, 4) is 5.75 Å². The third-order valence-electron chi connectivity index (χ3n) is 4.70. The molecule has 29 heavy (non-hydrogen) atoms. The molecule has 150 valence electrons. The average molecular weight is 389 g/mol. The highest BCUT2D eigenvalue weighted by atomic mass is 16.5. The van der Waals surface area contributed by atoms with Gasteiger partial charge >= 0.3 is 0 Å². The number of amides is 1. The van der Waals surface area contributed by atoms with E-state index in [1.807, 2.05) is 42.5 Å². The van der Waals surface area contributed by atoms with Gasteiger partial charge in [-0.2, -0.15) is 0 Å². The number of nitrogens with one attached hydrogen (secondary N) is 1. The van der Waals surface area contributed by atoms with E-state index in [4.69, 9.17) is 9.72 Å². The highest BCUT2D eigenvalue weighted by Crippen LogP contribution is 2.20. The van der Waals surface area contributed by atoms with E-state index in [9.17, 15) is 4.79 Å². The molecule has 1 N–H and O–H groups in total. The van der Waals surface area contributed by atoms with Gasteiger partial charge in [0.25, 0.3) is 0 Å². The van der Waals surface area contributed by atoms with Gasteiger partial charge in [-0.25, -0.2) is 4.98 Å². The van der Waals surface area contributed by atoms with Crippen LogP contribution in [0.25, 0.3) is 11.0 Å². The Bertz CT molecular complexity index is 991. The van der Waals surface area contributed by atoms with E-state index in [1.165, 1.54) is 6.08 Å². The number of carbonyl (C=O) groups is 1. The summed E-state index contributed by atoms with van der Waals surface area (Å²) < 4.78 is 8.28. The summed E-state index contributed by atoms with van der Waals surface area (Å²) in [4.78, 5) is 16.1. The van der Waals surface area contributed by atoms with E-state index in [2.05, 4.69) is 35.2 Å². The fourth-order valence-corrected chi connectivity index (χ4v) is 3.31. The summed E-state index contributed by atoms with van der Waals surface area (Å²) in [6.45, 7) is 9.14. The van der Waals surface area contributed by atoms with Crippen LogP contribution in [0.15, 0.2) is 73.8 Å². The molecule has 0 radical (unpaired) electrons. The van der Waals surface area contributed by atoms with E-state index in [0.29, 0.717) is 19.7 Å². The van der Waals surface area contributed by atoms with Crippen molar-refractivity contribution in [3.05, 3.63) is 85.2 Å². The number of ether oxygens (including phenoxy) is 1. The number of imidazole rings is 1. The summed E-state index contributed by atoms with van der Waals surface area (Å²) in [7, 11) is 0. The van der Waals surface area contributed by atoms with Crippen LogP contribution >= 0.6 is 0 Å². The molecule has 0 aliphatic rings. The summed E-state index contributed by atoms with van der Waals surface area (Å²) in [6, 6.07) is 16.2. The van der Waals surface area contributed by atoms with Crippen LogP contribution in [-0.4, -0.2) is 28.6 Å². The molecule has 0 unspecified atom stereocenters. The summed E-state index contributed by atoms with van der Waals surface area (Å²) in [5.74, 6) is 1.75. The minimum absolute atomic E-state index is 0.148. The molecule has 1 aromatic heterocycles. The molecule has 3 aromatic rings. The molecule has 0 atom stereocenters. The number of allylic oxidation sites excluding steroid dienone is 1. The van der Waals surface area contributed by atoms with Crippen molar-refractivity contribution in [3.63, 3.8) is 0 Å². The topological polar surface area (TPSA) is 56.1 Å². The molecule has 5 heteroatoms. The Hall–Kier alpha value is -3.34. The number of hydrogen-bond acceptors (Lipinski definition) is 3. The molecular weight excluding hydrogens is 362 g/mol. The van der Waals surface area contributed by atoms with Gasteiger partial charge in [0.15, 0.2) is 0 Å². The number of nitrogens with zero attached hydrogens (tertiary/aromatic N) is 2. The molecule has 0 spiro atoms. The SMILES string of the molecule is C=CCc1ccccc1OCCn1c(CCCNC(=O)C=C)nc2ccccc21. The first-order chi connectivity index (χ1) is 14.2. The monoisotopic (exact) mass is 389 g/mol. The first-order valence-corrected chi connectivity index (χ1v) is 9.89. The largest absolute Gasteiger partial charge is 0.491 e. The van der Waals surface area contributed by atoms with Gasteiger partial charge in [0.05, 0.1) is 17.6 Å². The Kier molecular flexibility index (Phi) is 7.22. The maximum Gasteiger partial charge on any atom is 0.243 e. The molecule has 1 heterocycles. The average Bonchev–Trinajstić information content (AvgIpc) is 3.10. The van der Waals surface area contributed by atoms with Gasteiger partial charge in [0.1, 0.15) is 18.2 Å². The fraction of sp³-hybridized carbons (Fsp3) is 0.250. The number of aromatic nitrogens is 2. The van der Waals surface area contributed by atoms with Crippen LogP contribution in [0.5, 0.6) is 5.75 Å². The minimum Gasteiger partial charge on any atom is -0.491 e. The van der Waals surface area contributed by atoms with Crippen LogP contribution in [0, 0.1) is 0 Å². The van der Waals surface area contributed by atoms with E-state index >= 15 is 0 Å². The Labute approximate surface area is 171 Å². The number of hydrogen-bond donors (Lipinski definition) is 1. The zero-order valence-corrected chi connectivity index (χ0v) is 16.6. The van der Waals surface area contributed by atoms with Crippen molar-refractivity contribution in [1.82, 2.24) is 14.9 Å². The second-order valence-electron chi connectivity index (χ2n) is 6.72. The van der Waals surface area contributed by atoms with Gasteiger partial charge in [-0.1, -0.05) is 43.0 Å². The molecule has 1 amide bonds. The van der Waals surface area contributed by atoms with Crippen molar-refractivity contribution in [2.45, 2.75) is 25.8 Å². The van der Waals surface area contributed by atoms with E-state index in [0.717, 1.165) is 47.4 Å². The van der Waals surface area contributed by atoms with E-state index < -0.39 is 0 Å². The first-order valence-electron chi connectivity index (χ1n) is 9.89. The summed E-state index contributed by atoms with van der Waals surface area (Å²) in [5, 5.41) is 2.81. The predicted molar refractivity (Wildman–Crippen MR) is 117 cm³/mol. The number of para-hydroxylation sites is 3. The smallest absolute Gasteiger partial charge is 0.243 e. The predicted octanol–water partition coefficient (Wildman–Crippen LogP) is 4.08. The van der Waals surface area contributed by atoms with Crippen LogP contribution in [0.2, 0.25) is 0 Å². The van der Waals surface area contributed by atoms with Gasteiger partial charge in [-0.15, -0.1) is 6.58 Å². The van der Waals surface area contributed by atoms with Crippen molar-refractivity contribution in [2.24, 2.45) is 0 Å². The lowest BCUT2D eigenvalue weighted by molar-refractivity contribution is -0.116. The Morgan fingerprint density at radius 1 is 1.14 bits per heavy atom. The van der Waals surface area contributed by atoms with Crippen molar-refractivity contribution in [1.29, 1.82) is 0 Å². The van der Waals surface area contributed by atoms with Gasteiger partial charge in [-0.05, 0) is 42.7 Å². The molecule has 3 rings (SSSR count). The number of rotatable bonds is 11. The summed E-state index contributed by atoms with van der Waals surface area (Å²) in [6.07, 6.45) is 5.54. The lowest BCUT2D eigenvalue weighted by Gasteiger charge is -2.13. The number of aryl methyl sites for hydroxylation is 1. The number of fused-ring (bicyclic) bond motifs is 1. The maximum atomic E-state index is 11.3. The third kappa shape index (κ3) is 5.35. The quantitative estimate of drug-likeness (QED) is 0.305. The van der Waals surface area contributed by atoms with Crippen LogP contribution in [0.1, 0.15) is 17.8 Å². The third-order valence-corrected chi connectivity index (χ3v) is 4.70. The Morgan fingerprint density at radius 2 is 1.93 bits per heavy atom. The standard InChI is InChI=1S/C24H27N3O2/c1-3-10-19-11-5-8-14-22(19)29-18-17-27-21-13-7-6-12-20(21)26-23(27)15-9-16-25-24(28)4-2/h3-8,11-14H,1-2,9-10,15-18H2,(H,25,28). The Morgan fingerprint density at radius 3 is 2.76 bits per heavy atom. The highest BCUT2D eigenvalue weighted by Gasteiger charge is 2.11. The zero-order chi connectivity index (χ0) is 20.5. The van der Waals surface area contributed by atoms with E-state index in [1.54, 1.807) is 0 Å². The molecular formula is C24H27N3O2. The van der Waals surface area contributed by atoms with Gasteiger partial charge in [0, 0.05) is 13.0 Å². The molecule has 0 saturated heterocycles. The molecule has 0 saturated carbocycles. The molecule has 0 aliphatic heterocycles. The Balaban J connectivity index is 1.68. The van der Waals surface area contributed by atoms with Crippen LogP contribution in [0.4, 0.5) is 0 Å². The van der Waals surface area contributed by atoms with Crippen molar-refractivity contribution in [2.75, 3.05) is 13.2 Å². The maximum absolute atomic E-state index is 11.3. The number of carbonyl (C=O) groups excluding carboxylic acids is 1. The normalized spacial score (nSPS) is 10.6. The fourth-order valence-electron chi connectivity index (χ4n) is 3.31.